The number of nitrogens with zero attached hydrogens (tertiary/aromatic N) is 1. The molecule has 0 unspecified atom stereocenters. The molecular weight excluding hydrogens is 668 g/mol. The SMILES string of the molecule is CCCC[C@H](NC(=O)[C@H](Cc1cccc2ccccc12)NC(=O)OCc1ccccc1)C(=O)N(CC(C)C)[C@@H](CC(C)C)[C@@H](O)C[C@@H](CCC)C(N)=O. The minimum Gasteiger partial charge on any atom is -0.445 e. The summed E-state index contributed by atoms with van der Waals surface area (Å²) in [6, 6.07) is 20.4. The molecule has 0 aliphatic carbocycles. The average molecular weight is 731 g/mol. The van der Waals surface area contributed by atoms with Crippen LogP contribution < -0.4 is 16.4 Å². The molecule has 0 saturated heterocycles. The second kappa shape index (κ2) is 21.9. The number of amides is 4. The third-order valence-corrected chi connectivity index (χ3v) is 9.55. The van der Waals surface area contributed by atoms with Gasteiger partial charge in [-0.05, 0) is 59.4 Å². The van der Waals surface area contributed by atoms with E-state index in [1.807, 2.05) is 114 Å². The maximum absolute atomic E-state index is 14.7. The predicted molar refractivity (Wildman–Crippen MR) is 211 cm³/mol. The molecule has 0 saturated carbocycles. The fourth-order valence-electron chi connectivity index (χ4n) is 6.88. The Kier molecular flexibility index (Phi) is 17.8. The number of nitrogens with one attached hydrogen (secondary N) is 2. The van der Waals surface area contributed by atoms with Crippen molar-refractivity contribution in [1.29, 1.82) is 0 Å². The number of ether oxygens (including phenoxy) is 1. The van der Waals surface area contributed by atoms with E-state index in [1.165, 1.54) is 0 Å². The highest BCUT2D eigenvalue weighted by atomic mass is 16.5. The first-order valence-electron chi connectivity index (χ1n) is 19.4. The Bertz CT molecular complexity index is 1590. The lowest BCUT2D eigenvalue weighted by atomic mass is 9.88. The minimum absolute atomic E-state index is 0.0332. The average Bonchev–Trinajstić information content (AvgIpc) is 3.13. The molecule has 3 aromatic rings. The first kappa shape index (κ1) is 43.0. The van der Waals surface area contributed by atoms with Crippen molar-refractivity contribution >= 4 is 34.6 Å². The molecule has 10 heteroatoms. The van der Waals surface area contributed by atoms with Gasteiger partial charge in [0.15, 0.2) is 0 Å². The lowest BCUT2D eigenvalue weighted by Gasteiger charge is -2.40. The summed E-state index contributed by atoms with van der Waals surface area (Å²) in [4.78, 5) is 56.3. The number of hydrogen-bond acceptors (Lipinski definition) is 6. The summed E-state index contributed by atoms with van der Waals surface area (Å²) in [6.07, 6.45) is 2.21. The number of benzene rings is 3. The van der Waals surface area contributed by atoms with Crippen LogP contribution in [0.1, 0.15) is 97.6 Å². The summed E-state index contributed by atoms with van der Waals surface area (Å²) < 4.78 is 5.53. The third-order valence-electron chi connectivity index (χ3n) is 9.55. The quantitative estimate of drug-likeness (QED) is 0.0883. The van der Waals surface area contributed by atoms with Gasteiger partial charge in [-0.15, -0.1) is 0 Å². The van der Waals surface area contributed by atoms with Crippen LogP contribution in [0.3, 0.4) is 0 Å². The molecule has 0 heterocycles. The van der Waals surface area contributed by atoms with Crippen molar-refractivity contribution < 1.29 is 29.0 Å². The van der Waals surface area contributed by atoms with Crippen LogP contribution in [0.2, 0.25) is 0 Å². The van der Waals surface area contributed by atoms with Gasteiger partial charge >= 0.3 is 6.09 Å². The van der Waals surface area contributed by atoms with Gasteiger partial charge in [0.1, 0.15) is 18.7 Å². The number of primary amides is 1. The number of aliphatic hydroxyl groups is 1. The zero-order valence-electron chi connectivity index (χ0n) is 32.6. The molecule has 53 heavy (non-hydrogen) atoms. The Morgan fingerprint density at radius 1 is 0.792 bits per heavy atom. The lowest BCUT2D eigenvalue weighted by Crippen LogP contribution is -2.58. The Balaban J connectivity index is 1.96. The van der Waals surface area contributed by atoms with E-state index in [2.05, 4.69) is 10.6 Å². The molecule has 0 radical (unpaired) electrons. The van der Waals surface area contributed by atoms with E-state index >= 15 is 0 Å². The molecule has 5 N–H and O–H groups in total. The molecule has 10 nitrogen and oxygen atoms in total. The van der Waals surface area contributed by atoms with Gasteiger partial charge in [0.25, 0.3) is 0 Å². The van der Waals surface area contributed by atoms with Gasteiger partial charge in [-0.25, -0.2) is 4.79 Å². The van der Waals surface area contributed by atoms with Crippen molar-refractivity contribution in [3.8, 4) is 0 Å². The van der Waals surface area contributed by atoms with Crippen LogP contribution in [0.5, 0.6) is 0 Å². The first-order valence-corrected chi connectivity index (χ1v) is 19.4. The van der Waals surface area contributed by atoms with Crippen molar-refractivity contribution in [2.75, 3.05) is 6.54 Å². The smallest absolute Gasteiger partial charge is 0.408 e. The van der Waals surface area contributed by atoms with E-state index in [-0.39, 0.29) is 37.2 Å². The van der Waals surface area contributed by atoms with Crippen LogP contribution in [0.25, 0.3) is 10.8 Å². The van der Waals surface area contributed by atoms with Crippen molar-refractivity contribution in [3.05, 3.63) is 83.9 Å². The number of fused-ring (bicyclic) bond motifs is 1. The van der Waals surface area contributed by atoms with E-state index < -0.39 is 48.1 Å². The Morgan fingerprint density at radius 2 is 1.47 bits per heavy atom. The topological polar surface area (TPSA) is 151 Å². The Morgan fingerprint density at radius 3 is 2.11 bits per heavy atom. The maximum atomic E-state index is 14.7. The normalized spacial score (nSPS) is 14.3. The number of aliphatic hydroxyl groups excluding tert-OH is 1. The zero-order valence-corrected chi connectivity index (χ0v) is 32.6. The first-order chi connectivity index (χ1) is 25.3. The molecule has 3 rings (SSSR count). The third kappa shape index (κ3) is 13.8. The van der Waals surface area contributed by atoms with Crippen LogP contribution in [-0.4, -0.2) is 64.6 Å². The fourth-order valence-corrected chi connectivity index (χ4v) is 6.88. The maximum Gasteiger partial charge on any atom is 0.408 e. The fraction of sp³-hybridized carbons (Fsp3) is 0.535. The number of carbonyl (C=O) groups is 4. The van der Waals surface area contributed by atoms with E-state index in [1.54, 1.807) is 4.90 Å². The molecular formula is C43H62N4O6. The minimum atomic E-state index is -1.05. The molecule has 5 atom stereocenters. The van der Waals surface area contributed by atoms with Crippen LogP contribution in [-0.2, 0) is 32.1 Å². The lowest BCUT2D eigenvalue weighted by molar-refractivity contribution is -0.143. The van der Waals surface area contributed by atoms with Crippen molar-refractivity contribution in [1.82, 2.24) is 15.5 Å². The van der Waals surface area contributed by atoms with Crippen molar-refractivity contribution in [2.24, 2.45) is 23.5 Å². The molecule has 0 aliphatic rings. The Hall–Kier alpha value is -4.44. The molecule has 0 aliphatic heterocycles. The molecule has 290 valence electrons. The molecule has 0 aromatic heterocycles. The monoisotopic (exact) mass is 730 g/mol. The number of nitrogens with two attached hydrogens (primary N) is 1. The number of rotatable bonds is 22. The summed E-state index contributed by atoms with van der Waals surface area (Å²) in [5.41, 5.74) is 7.40. The van der Waals surface area contributed by atoms with Gasteiger partial charge in [-0.2, -0.15) is 0 Å². The van der Waals surface area contributed by atoms with Gasteiger partial charge in [0.05, 0.1) is 12.1 Å². The number of unbranched alkanes of at least 4 members (excludes halogenated alkanes) is 1. The highest BCUT2D eigenvalue weighted by Gasteiger charge is 2.37. The van der Waals surface area contributed by atoms with E-state index in [9.17, 15) is 24.3 Å². The van der Waals surface area contributed by atoms with Crippen molar-refractivity contribution in [2.45, 2.75) is 124 Å². The second-order valence-corrected chi connectivity index (χ2v) is 15.1. The van der Waals surface area contributed by atoms with E-state index in [0.29, 0.717) is 32.2 Å². The summed E-state index contributed by atoms with van der Waals surface area (Å²) in [5.74, 6) is -1.59. The van der Waals surface area contributed by atoms with E-state index in [4.69, 9.17) is 10.5 Å². The van der Waals surface area contributed by atoms with Crippen LogP contribution >= 0.6 is 0 Å². The van der Waals surface area contributed by atoms with Crippen LogP contribution in [0, 0.1) is 17.8 Å². The molecule has 0 fully saturated rings. The molecule has 0 spiro atoms. The molecule has 3 aromatic carbocycles. The summed E-state index contributed by atoms with van der Waals surface area (Å²) >= 11 is 0. The number of hydrogen-bond donors (Lipinski definition) is 4. The second-order valence-electron chi connectivity index (χ2n) is 15.1. The zero-order chi connectivity index (χ0) is 38.9. The van der Waals surface area contributed by atoms with Gasteiger partial charge in [0.2, 0.25) is 17.7 Å². The number of carbonyl (C=O) groups excluding carboxylic acids is 4. The van der Waals surface area contributed by atoms with Gasteiger partial charge in [0, 0.05) is 18.9 Å². The van der Waals surface area contributed by atoms with Crippen LogP contribution in [0.4, 0.5) is 4.79 Å². The standard InChI is InChI=1S/C43H62N4O6/c1-7-9-23-36(42(51)47(27-30(5)6)38(24-29(3)4)39(48)26-34(16-8-2)40(44)49)45-41(50)37(46-43(52)53-28-31-17-11-10-12-18-31)25-33-21-15-20-32-19-13-14-22-35(32)33/h10-15,17-22,29-30,34,36-39,48H,7-9,16,23-28H2,1-6H3,(H2,44,49)(H,45,50)(H,46,52)/t34-,36+,37+,38+,39+/m1/s1. The summed E-state index contributed by atoms with van der Waals surface area (Å²) in [5, 5.41) is 19.5. The Labute approximate surface area is 316 Å². The molecule has 4 amide bonds. The number of alkyl carbamates (subject to hydrolysis) is 1. The molecule has 0 bridgehead atoms. The van der Waals surface area contributed by atoms with Gasteiger partial charge in [-0.1, -0.05) is 134 Å². The summed E-state index contributed by atoms with van der Waals surface area (Å²) in [7, 11) is 0. The van der Waals surface area contributed by atoms with E-state index in [0.717, 1.165) is 34.7 Å². The van der Waals surface area contributed by atoms with Crippen molar-refractivity contribution in [3.63, 3.8) is 0 Å². The van der Waals surface area contributed by atoms with Gasteiger partial charge < -0.3 is 31.1 Å². The van der Waals surface area contributed by atoms with Crippen LogP contribution in [0.15, 0.2) is 72.8 Å². The van der Waals surface area contributed by atoms with Gasteiger partial charge in [-0.3, -0.25) is 14.4 Å². The highest BCUT2D eigenvalue weighted by Crippen LogP contribution is 2.25. The summed E-state index contributed by atoms with van der Waals surface area (Å²) in [6.45, 7) is 12.5. The largest absolute Gasteiger partial charge is 0.445 e. The highest BCUT2D eigenvalue weighted by molar-refractivity contribution is 5.93. The predicted octanol–water partition coefficient (Wildman–Crippen LogP) is 6.90.